The van der Waals surface area contributed by atoms with Crippen molar-refractivity contribution in [2.24, 2.45) is 0 Å². The minimum atomic E-state index is -3.20. The van der Waals surface area contributed by atoms with Crippen LogP contribution < -0.4 is 5.32 Å². The van der Waals surface area contributed by atoms with E-state index in [9.17, 15) is 18.3 Å². The number of carboxylic acids is 1. The third-order valence-corrected chi connectivity index (χ3v) is 4.84. The zero-order chi connectivity index (χ0) is 11.1. The van der Waals surface area contributed by atoms with E-state index in [2.05, 4.69) is 5.32 Å². The summed E-state index contributed by atoms with van der Waals surface area (Å²) in [6.45, 7) is 0. The Morgan fingerprint density at radius 1 is 1.40 bits per heavy atom. The first kappa shape index (κ1) is 10.9. The maximum absolute atomic E-state index is 11.5. The Kier molecular flexibility index (Phi) is 2.50. The lowest BCUT2D eigenvalue weighted by Crippen LogP contribution is -2.59. The summed E-state index contributed by atoms with van der Waals surface area (Å²) in [5.41, 5.74) is -1.22. The summed E-state index contributed by atoms with van der Waals surface area (Å²) < 4.78 is 22.9. The van der Waals surface area contributed by atoms with Gasteiger partial charge in [0.15, 0.2) is 9.84 Å². The van der Waals surface area contributed by atoms with Crippen molar-refractivity contribution in [1.82, 2.24) is 5.32 Å². The van der Waals surface area contributed by atoms with Gasteiger partial charge in [0.25, 0.3) is 0 Å². The minimum Gasteiger partial charge on any atom is -0.480 e. The standard InChI is InChI=1S/C9H15NO4S/c11-8(12)9(10-7-2-3-7)4-1-5-15(13,14)6-9/h7,10H,1-6H2,(H,11,12). The Hall–Kier alpha value is -0.620. The third-order valence-electron chi connectivity index (χ3n) is 2.99. The summed E-state index contributed by atoms with van der Waals surface area (Å²) in [5, 5.41) is 12.2. The molecule has 1 aliphatic heterocycles. The lowest BCUT2D eigenvalue weighted by molar-refractivity contribution is -0.144. The van der Waals surface area contributed by atoms with E-state index in [1.807, 2.05) is 0 Å². The highest BCUT2D eigenvalue weighted by Gasteiger charge is 2.47. The summed E-state index contributed by atoms with van der Waals surface area (Å²) in [7, 11) is -3.20. The lowest BCUT2D eigenvalue weighted by atomic mass is 9.95. The first-order valence-corrected chi connectivity index (χ1v) is 6.97. The highest BCUT2D eigenvalue weighted by atomic mass is 32.2. The molecular formula is C9H15NO4S. The first-order valence-electron chi connectivity index (χ1n) is 5.15. The van der Waals surface area contributed by atoms with Crippen LogP contribution in [0.15, 0.2) is 0 Å². The summed E-state index contributed by atoms with van der Waals surface area (Å²) in [4.78, 5) is 11.2. The number of carbonyl (C=O) groups is 1. The molecule has 2 fully saturated rings. The predicted molar refractivity (Wildman–Crippen MR) is 54.4 cm³/mol. The second kappa shape index (κ2) is 3.45. The monoisotopic (exact) mass is 233 g/mol. The topological polar surface area (TPSA) is 83.5 Å². The molecule has 0 aromatic heterocycles. The van der Waals surface area contributed by atoms with Gasteiger partial charge in [-0.2, -0.15) is 0 Å². The van der Waals surface area contributed by atoms with Crippen LogP contribution in [-0.2, 0) is 14.6 Å². The zero-order valence-electron chi connectivity index (χ0n) is 8.40. The van der Waals surface area contributed by atoms with Crippen LogP contribution in [0, 0.1) is 0 Å². The average molecular weight is 233 g/mol. The van der Waals surface area contributed by atoms with E-state index in [1.165, 1.54) is 0 Å². The molecule has 1 saturated heterocycles. The Labute approximate surface area is 88.8 Å². The van der Waals surface area contributed by atoms with Gasteiger partial charge in [0.1, 0.15) is 5.54 Å². The summed E-state index contributed by atoms with van der Waals surface area (Å²) in [5.74, 6) is -1.17. The fraction of sp³-hybridized carbons (Fsp3) is 0.889. The van der Waals surface area contributed by atoms with E-state index in [0.717, 1.165) is 12.8 Å². The second-order valence-electron chi connectivity index (χ2n) is 4.50. The van der Waals surface area contributed by atoms with Gasteiger partial charge in [-0.25, -0.2) is 8.42 Å². The van der Waals surface area contributed by atoms with E-state index in [4.69, 9.17) is 0 Å². The fourth-order valence-electron chi connectivity index (χ4n) is 2.08. The smallest absolute Gasteiger partial charge is 0.324 e. The molecule has 0 aromatic rings. The van der Waals surface area contributed by atoms with Crippen molar-refractivity contribution in [3.8, 4) is 0 Å². The molecule has 5 nitrogen and oxygen atoms in total. The SMILES string of the molecule is O=C(O)C1(NC2CC2)CCCS(=O)(=O)C1. The average Bonchev–Trinajstić information content (AvgIpc) is 2.85. The molecule has 0 aromatic carbocycles. The fourth-order valence-corrected chi connectivity index (χ4v) is 3.91. The third kappa shape index (κ3) is 2.31. The van der Waals surface area contributed by atoms with Crippen LogP contribution in [0.4, 0.5) is 0 Å². The Balaban J connectivity index is 2.20. The zero-order valence-corrected chi connectivity index (χ0v) is 9.22. The van der Waals surface area contributed by atoms with Gasteiger partial charge in [-0.3, -0.25) is 10.1 Å². The Bertz CT molecular complexity index is 374. The minimum absolute atomic E-state index is 0.119. The molecule has 1 heterocycles. The van der Waals surface area contributed by atoms with Gasteiger partial charge in [-0.15, -0.1) is 0 Å². The molecule has 6 heteroatoms. The first-order chi connectivity index (χ1) is 6.94. The maximum atomic E-state index is 11.5. The van der Waals surface area contributed by atoms with Gasteiger partial charge in [-0.1, -0.05) is 0 Å². The van der Waals surface area contributed by atoms with Crippen LogP contribution in [-0.4, -0.2) is 42.6 Å². The highest BCUT2D eigenvalue weighted by Crippen LogP contribution is 2.29. The number of rotatable bonds is 3. The Morgan fingerprint density at radius 3 is 2.53 bits per heavy atom. The largest absolute Gasteiger partial charge is 0.480 e. The van der Waals surface area contributed by atoms with E-state index in [0.29, 0.717) is 12.8 Å². The van der Waals surface area contributed by atoms with Crippen LogP contribution >= 0.6 is 0 Å². The molecule has 2 aliphatic rings. The van der Waals surface area contributed by atoms with Crippen molar-refractivity contribution in [1.29, 1.82) is 0 Å². The lowest BCUT2D eigenvalue weighted by Gasteiger charge is -2.33. The molecule has 1 atom stereocenters. The molecule has 86 valence electrons. The van der Waals surface area contributed by atoms with Crippen LogP contribution in [0.1, 0.15) is 25.7 Å². The normalized spacial score (nSPS) is 34.9. The van der Waals surface area contributed by atoms with Crippen molar-refractivity contribution in [3.05, 3.63) is 0 Å². The molecule has 1 unspecified atom stereocenters. The molecule has 15 heavy (non-hydrogen) atoms. The molecule has 1 aliphatic carbocycles. The highest BCUT2D eigenvalue weighted by molar-refractivity contribution is 7.91. The molecule has 0 bridgehead atoms. The summed E-state index contributed by atoms with van der Waals surface area (Å²) >= 11 is 0. The van der Waals surface area contributed by atoms with Crippen LogP contribution in [0.25, 0.3) is 0 Å². The van der Waals surface area contributed by atoms with Gasteiger partial charge in [0, 0.05) is 6.04 Å². The molecule has 0 radical (unpaired) electrons. The number of nitrogens with one attached hydrogen (secondary N) is 1. The van der Waals surface area contributed by atoms with Crippen LogP contribution in [0.3, 0.4) is 0 Å². The molecule has 0 amide bonds. The van der Waals surface area contributed by atoms with Crippen molar-refractivity contribution in [2.45, 2.75) is 37.3 Å². The molecular weight excluding hydrogens is 218 g/mol. The predicted octanol–water partition coefficient (Wildman–Crippen LogP) is -0.230. The number of carboxylic acid groups (broad SMARTS) is 1. The van der Waals surface area contributed by atoms with Gasteiger partial charge < -0.3 is 5.11 Å². The molecule has 2 N–H and O–H groups in total. The molecule has 1 saturated carbocycles. The van der Waals surface area contributed by atoms with E-state index in [-0.39, 0.29) is 17.5 Å². The van der Waals surface area contributed by atoms with Crippen molar-refractivity contribution >= 4 is 15.8 Å². The van der Waals surface area contributed by atoms with Gasteiger partial charge in [-0.05, 0) is 25.7 Å². The summed E-state index contributed by atoms with van der Waals surface area (Å²) in [6.07, 6.45) is 2.76. The van der Waals surface area contributed by atoms with Gasteiger partial charge in [0.2, 0.25) is 0 Å². The van der Waals surface area contributed by atoms with Crippen LogP contribution in [0.2, 0.25) is 0 Å². The van der Waals surface area contributed by atoms with Crippen molar-refractivity contribution in [3.63, 3.8) is 0 Å². The number of hydrogen-bond donors (Lipinski definition) is 2. The van der Waals surface area contributed by atoms with Crippen LogP contribution in [0.5, 0.6) is 0 Å². The molecule has 2 rings (SSSR count). The van der Waals surface area contributed by atoms with E-state index >= 15 is 0 Å². The molecule has 0 spiro atoms. The van der Waals surface area contributed by atoms with Crippen molar-refractivity contribution < 1.29 is 18.3 Å². The number of sulfone groups is 1. The number of aliphatic carboxylic acids is 1. The van der Waals surface area contributed by atoms with Gasteiger partial charge in [0.05, 0.1) is 11.5 Å². The quantitative estimate of drug-likeness (QED) is 0.703. The van der Waals surface area contributed by atoms with E-state index < -0.39 is 21.3 Å². The second-order valence-corrected chi connectivity index (χ2v) is 6.69. The Morgan fingerprint density at radius 2 is 2.07 bits per heavy atom. The van der Waals surface area contributed by atoms with Gasteiger partial charge >= 0.3 is 5.97 Å². The number of hydrogen-bond acceptors (Lipinski definition) is 4. The van der Waals surface area contributed by atoms with Crippen molar-refractivity contribution in [2.75, 3.05) is 11.5 Å². The summed E-state index contributed by atoms with van der Waals surface area (Å²) in [6, 6.07) is 0.203. The maximum Gasteiger partial charge on any atom is 0.324 e. The van der Waals surface area contributed by atoms with E-state index in [1.54, 1.807) is 0 Å².